The Hall–Kier alpha value is -2.12. The average Bonchev–Trinajstić information content (AvgIpc) is 2.77. The average molecular weight is 299 g/mol. The van der Waals surface area contributed by atoms with E-state index in [0.717, 1.165) is 32.1 Å². The van der Waals surface area contributed by atoms with Crippen LogP contribution in [0.4, 0.5) is 4.79 Å². The number of hydrogen-bond acceptors (Lipinski definition) is 7. The molecule has 0 aromatic heterocycles. The van der Waals surface area contributed by atoms with Crippen LogP contribution in [0.25, 0.3) is 0 Å². The summed E-state index contributed by atoms with van der Waals surface area (Å²) in [6.07, 6.45) is 2.12. The Labute approximate surface area is 121 Å². The van der Waals surface area contributed by atoms with E-state index in [1.54, 1.807) is 0 Å². The monoisotopic (exact) mass is 299 g/mol. The van der Waals surface area contributed by atoms with Crippen LogP contribution < -0.4 is 5.32 Å². The minimum Gasteiger partial charge on any atom is -0.427 e. The molecule has 1 atom stereocenters. The number of amides is 2. The van der Waals surface area contributed by atoms with Crippen molar-refractivity contribution in [3.05, 3.63) is 0 Å². The summed E-state index contributed by atoms with van der Waals surface area (Å²) in [4.78, 5) is 45.0. The zero-order chi connectivity index (χ0) is 15.2. The lowest BCUT2D eigenvalue weighted by Crippen LogP contribution is -2.29. The second-order valence-electron chi connectivity index (χ2n) is 5.03. The molecule has 0 aromatic rings. The quantitative estimate of drug-likeness (QED) is 0.461. The van der Waals surface area contributed by atoms with Gasteiger partial charge in [-0.05, 0) is 12.8 Å². The minimum absolute atomic E-state index is 0.142. The molecule has 0 spiro atoms. The van der Waals surface area contributed by atoms with E-state index in [1.165, 1.54) is 0 Å². The van der Waals surface area contributed by atoms with Gasteiger partial charge in [-0.2, -0.15) is 0 Å². The highest BCUT2D eigenvalue weighted by molar-refractivity contribution is 6.05. The summed E-state index contributed by atoms with van der Waals surface area (Å²) in [6.45, 7) is -0.559. The van der Waals surface area contributed by atoms with E-state index in [1.807, 2.05) is 5.32 Å². The predicted octanol–water partition coefficient (Wildman–Crippen LogP) is 0.636. The number of rotatable bonds is 4. The first-order valence-electron chi connectivity index (χ1n) is 6.90. The van der Waals surface area contributed by atoms with Crippen molar-refractivity contribution in [3.8, 4) is 0 Å². The Bertz CT molecular complexity index is 442. The van der Waals surface area contributed by atoms with Crippen LogP contribution in [0.5, 0.6) is 0 Å². The Morgan fingerprint density at radius 1 is 1.10 bits per heavy atom. The topological polar surface area (TPSA) is 108 Å². The van der Waals surface area contributed by atoms with Gasteiger partial charge in [0.2, 0.25) is 12.7 Å². The molecular formula is C13H17NO7. The fourth-order valence-electron chi connectivity index (χ4n) is 2.37. The third-order valence-corrected chi connectivity index (χ3v) is 3.48. The molecule has 2 aliphatic rings. The van der Waals surface area contributed by atoms with Crippen molar-refractivity contribution in [2.45, 2.75) is 44.6 Å². The molecule has 1 N–H and O–H groups in total. The first-order valence-corrected chi connectivity index (χ1v) is 6.90. The lowest BCUT2D eigenvalue weighted by atomic mass is 9.89. The van der Waals surface area contributed by atoms with Crippen LogP contribution in [-0.2, 0) is 28.6 Å². The highest BCUT2D eigenvalue weighted by atomic mass is 16.8. The largest absolute Gasteiger partial charge is 0.511 e. The molecule has 2 fully saturated rings. The Morgan fingerprint density at radius 3 is 2.43 bits per heavy atom. The van der Waals surface area contributed by atoms with Crippen LogP contribution in [0.1, 0.15) is 38.5 Å². The fourth-order valence-corrected chi connectivity index (χ4v) is 2.37. The zero-order valence-electron chi connectivity index (χ0n) is 11.5. The van der Waals surface area contributed by atoms with Gasteiger partial charge < -0.3 is 14.2 Å². The van der Waals surface area contributed by atoms with Gasteiger partial charge in [0.05, 0.1) is 12.3 Å². The van der Waals surface area contributed by atoms with E-state index in [4.69, 9.17) is 4.74 Å². The standard InChI is InChI=1S/C13H17NO7/c15-10-6-9(11(16)14-10)21-13(18)20-7-19-12(17)8-4-2-1-3-5-8/h8-9H,1-7H2,(H,14,15,16). The number of esters is 1. The molecular weight excluding hydrogens is 282 g/mol. The van der Waals surface area contributed by atoms with E-state index < -0.39 is 36.8 Å². The second-order valence-corrected chi connectivity index (χ2v) is 5.03. The van der Waals surface area contributed by atoms with E-state index in [2.05, 4.69) is 9.47 Å². The molecule has 2 amide bonds. The van der Waals surface area contributed by atoms with Gasteiger partial charge in [0.15, 0.2) is 6.10 Å². The molecule has 8 nitrogen and oxygen atoms in total. The zero-order valence-corrected chi connectivity index (χ0v) is 11.5. The molecule has 1 saturated carbocycles. The van der Waals surface area contributed by atoms with Crippen molar-refractivity contribution in [2.75, 3.05) is 6.79 Å². The smallest absolute Gasteiger partial charge is 0.427 e. The summed E-state index contributed by atoms with van der Waals surface area (Å²) in [7, 11) is 0. The van der Waals surface area contributed by atoms with Crippen LogP contribution in [0.2, 0.25) is 0 Å². The number of nitrogens with one attached hydrogen (secondary N) is 1. The van der Waals surface area contributed by atoms with Crippen LogP contribution in [-0.4, -0.2) is 36.8 Å². The lowest BCUT2D eigenvalue weighted by molar-refractivity contribution is -0.160. The maximum atomic E-state index is 11.7. The van der Waals surface area contributed by atoms with E-state index in [0.29, 0.717) is 0 Å². The van der Waals surface area contributed by atoms with Gasteiger partial charge in [0.25, 0.3) is 5.91 Å². The van der Waals surface area contributed by atoms with Gasteiger partial charge in [0, 0.05) is 0 Å². The lowest BCUT2D eigenvalue weighted by Gasteiger charge is -2.19. The van der Waals surface area contributed by atoms with Crippen LogP contribution in [0, 0.1) is 5.92 Å². The molecule has 0 bridgehead atoms. The summed E-state index contributed by atoms with van der Waals surface area (Å²) in [5, 5.41) is 1.99. The number of imide groups is 1. The molecule has 1 heterocycles. The molecule has 1 saturated heterocycles. The van der Waals surface area contributed by atoms with Gasteiger partial charge >= 0.3 is 12.1 Å². The van der Waals surface area contributed by atoms with Gasteiger partial charge in [-0.25, -0.2) is 4.79 Å². The first kappa shape index (κ1) is 15.3. The Kier molecular flexibility index (Phi) is 5.13. The summed E-state index contributed by atoms with van der Waals surface area (Å²) in [5.74, 6) is -1.73. The van der Waals surface area contributed by atoms with Gasteiger partial charge in [-0.1, -0.05) is 19.3 Å². The maximum absolute atomic E-state index is 11.7. The third kappa shape index (κ3) is 4.44. The number of carbonyl (C=O) groups is 4. The van der Waals surface area contributed by atoms with Gasteiger partial charge in [-0.15, -0.1) is 0 Å². The van der Waals surface area contributed by atoms with Crippen molar-refractivity contribution >= 4 is 23.9 Å². The van der Waals surface area contributed by atoms with Crippen molar-refractivity contribution in [1.82, 2.24) is 5.32 Å². The number of hydrogen-bond donors (Lipinski definition) is 1. The Balaban J connectivity index is 1.63. The van der Waals surface area contributed by atoms with Crippen LogP contribution >= 0.6 is 0 Å². The molecule has 1 aliphatic heterocycles. The summed E-state index contributed by atoms with van der Waals surface area (Å²) >= 11 is 0. The van der Waals surface area contributed by atoms with E-state index in [-0.39, 0.29) is 12.3 Å². The molecule has 1 aliphatic carbocycles. The predicted molar refractivity (Wildman–Crippen MR) is 66.7 cm³/mol. The normalized spacial score (nSPS) is 22.6. The molecule has 2 rings (SSSR count). The third-order valence-electron chi connectivity index (χ3n) is 3.48. The fraction of sp³-hybridized carbons (Fsp3) is 0.692. The molecule has 1 unspecified atom stereocenters. The van der Waals surface area contributed by atoms with Gasteiger partial charge in [0.1, 0.15) is 0 Å². The van der Waals surface area contributed by atoms with E-state index in [9.17, 15) is 19.2 Å². The summed E-state index contributed by atoms with van der Waals surface area (Å²) < 4.78 is 14.0. The number of carbonyl (C=O) groups excluding carboxylic acids is 4. The molecule has 116 valence electrons. The number of ether oxygens (including phenoxy) is 3. The van der Waals surface area contributed by atoms with E-state index >= 15 is 0 Å². The SMILES string of the molecule is O=C1CC(OC(=O)OCOC(=O)C2CCCCC2)C(=O)N1. The maximum Gasteiger partial charge on any atom is 0.511 e. The Morgan fingerprint density at radius 2 is 1.81 bits per heavy atom. The van der Waals surface area contributed by atoms with Gasteiger partial charge in [-0.3, -0.25) is 19.7 Å². The summed E-state index contributed by atoms with van der Waals surface area (Å²) in [6, 6.07) is 0. The minimum atomic E-state index is -1.18. The molecule has 0 aromatic carbocycles. The molecule has 8 heteroatoms. The molecule has 0 radical (unpaired) electrons. The second kappa shape index (κ2) is 7.05. The molecule has 21 heavy (non-hydrogen) atoms. The highest BCUT2D eigenvalue weighted by Gasteiger charge is 2.34. The summed E-state index contributed by atoms with van der Waals surface area (Å²) in [5.41, 5.74) is 0. The van der Waals surface area contributed by atoms with Crippen molar-refractivity contribution in [2.24, 2.45) is 5.92 Å². The van der Waals surface area contributed by atoms with Crippen molar-refractivity contribution in [1.29, 1.82) is 0 Å². The van der Waals surface area contributed by atoms with Crippen LogP contribution in [0.15, 0.2) is 0 Å². The first-order chi connectivity index (χ1) is 10.1. The van der Waals surface area contributed by atoms with Crippen LogP contribution in [0.3, 0.4) is 0 Å². The van der Waals surface area contributed by atoms with Crippen molar-refractivity contribution in [3.63, 3.8) is 0 Å². The van der Waals surface area contributed by atoms with Crippen molar-refractivity contribution < 1.29 is 33.4 Å². The highest BCUT2D eigenvalue weighted by Crippen LogP contribution is 2.24.